The largest absolute Gasteiger partial charge is 0.573 e. The molecule has 0 aliphatic rings. The first kappa shape index (κ1) is 19.7. The second-order valence-electron chi connectivity index (χ2n) is 6.96. The van der Waals surface area contributed by atoms with Crippen molar-refractivity contribution < 1.29 is 22.7 Å². The van der Waals surface area contributed by atoms with E-state index in [0.29, 0.717) is 28.2 Å². The summed E-state index contributed by atoms with van der Waals surface area (Å²) in [6.45, 7) is 3.69. The van der Waals surface area contributed by atoms with Crippen LogP contribution < -0.4 is 4.74 Å². The number of nitrogens with one attached hydrogen (secondary N) is 2. The van der Waals surface area contributed by atoms with Gasteiger partial charge in [-0.15, -0.1) is 13.2 Å². The summed E-state index contributed by atoms with van der Waals surface area (Å²) in [5.41, 5.74) is 4.46. The molecule has 9 heteroatoms. The van der Waals surface area contributed by atoms with E-state index in [1.807, 2.05) is 19.9 Å². The van der Waals surface area contributed by atoms with Crippen LogP contribution in [0.15, 0.2) is 42.6 Å². The maximum absolute atomic E-state index is 12.5. The number of benzene rings is 1. The summed E-state index contributed by atoms with van der Waals surface area (Å²) in [4.78, 5) is 20.0. The fourth-order valence-electron chi connectivity index (χ4n) is 3.20. The first-order valence-electron chi connectivity index (χ1n) is 9.08. The Labute approximate surface area is 169 Å². The molecule has 4 rings (SSSR count). The number of aryl methyl sites for hydroxylation is 1. The Morgan fingerprint density at radius 3 is 2.67 bits per heavy atom. The number of aromatic amines is 2. The number of ether oxygens (including phenoxy) is 1. The second kappa shape index (κ2) is 7.33. The Morgan fingerprint density at radius 2 is 1.97 bits per heavy atom. The van der Waals surface area contributed by atoms with Crippen molar-refractivity contribution in [3.8, 4) is 17.0 Å². The van der Waals surface area contributed by atoms with Gasteiger partial charge in [0.05, 0.1) is 0 Å². The van der Waals surface area contributed by atoms with Crippen LogP contribution in [0.1, 0.15) is 27.3 Å². The van der Waals surface area contributed by atoms with E-state index >= 15 is 0 Å². The third-order valence-electron chi connectivity index (χ3n) is 4.79. The van der Waals surface area contributed by atoms with Gasteiger partial charge in [-0.25, -0.2) is 4.98 Å². The van der Waals surface area contributed by atoms with Crippen LogP contribution in [-0.2, 0) is 6.42 Å². The molecule has 0 saturated carbocycles. The maximum Gasteiger partial charge on any atom is 0.573 e. The van der Waals surface area contributed by atoms with Gasteiger partial charge in [-0.05, 0) is 43.7 Å². The number of halogens is 3. The number of Topliss-reactive ketones (excluding diaryl/α,β-unsaturated/α-hetero) is 1. The van der Waals surface area contributed by atoms with Crippen molar-refractivity contribution >= 4 is 16.8 Å². The monoisotopic (exact) mass is 414 g/mol. The van der Waals surface area contributed by atoms with Crippen molar-refractivity contribution in [2.24, 2.45) is 0 Å². The van der Waals surface area contributed by atoms with E-state index in [-0.39, 0.29) is 18.0 Å². The van der Waals surface area contributed by atoms with Gasteiger partial charge in [-0.1, -0.05) is 12.1 Å². The lowest BCUT2D eigenvalue weighted by atomic mass is 10.0. The first-order valence-corrected chi connectivity index (χ1v) is 9.08. The van der Waals surface area contributed by atoms with Gasteiger partial charge in [0.25, 0.3) is 0 Å². The van der Waals surface area contributed by atoms with E-state index in [1.165, 1.54) is 18.2 Å². The number of ketones is 1. The Morgan fingerprint density at radius 1 is 1.17 bits per heavy atom. The predicted octanol–water partition coefficient (Wildman–Crippen LogP) is 4.89. The summed E-state index contributed by atoms with van der Waals surface area (Å²) in [5.74, 6) is -0.423. The van der Waals surface area contributed by atoms with Crippen LogP contribution >= 0.6 is 0 Å². The molecule has 0 saturated heterocycles. The zero-order valence-corrected chi connectivity index (χ0v) is 16.1. The van der Waals surface area contributed by atoms with Gasteiger partial charge in [0.1, 0.15) is 17.1 Å². The van der Waals surface area contributed by atoms with Gasteiger partial charge in [0.15, 0.2) is 5.78 Å². The molecule has 0 atom stereocenters. The Balaban J connectivity index is 1.59. The number of pyridine rings is 1. The molecule has 154 valence electrons. The number of carbonyl (C=O) groups excluding carboxylic acids is 1. The van der Waals surface area contributed by atoms with Gasteiger partial charge < -0.3 is 9.72 Å². The molecule has 6 nitrogen and oxygen atoms in total. The van der Waals surface area contributed by atoms with Crippen LogP contribution in [0.2, 0.25) is 0 Å². The predicted molar refractivity (Wildman–Crippen MR) is 104 cm³/mol. The zero-order chi connectivity index (χ0) is 21.5. The van der Waals surface area contributed by atoms with E-state index < -0.39 is 6.36 Å². The highest BCUT2D eigenvalue weighted by Gasteiger charge is 2.31. The third kappa shape index (κ3) is 4.05. The average Bonchev–Trinajstić information content (AvgIpc) is 3.24. The lowest BCUT2D eigenvalue weighted by Crippen LogP contribution is -2.17. The van der Waals surface area contributed by atoms with Crippen LogP contribution in [0, 0.1) is 13.8 Å². The molecule has 0 bridgehead atoms. The number of carbonyl (C=O) groups is 1. The number of fused-ring (bicyclic) bond motifs is 1. The van der Waals surface area contributed by atoms with Crippen LogP contribution in [0.4, 0.5) is 13.2 Å². The Kier molecular flexibility index (Phi) is 4.81. The first-order chi connectivity index (χ1) is 14.2. The average molecular weight is 414 g/mol. The summed E-state index contributed by atoms with van der Waals surface area (Å²) in [5, 5.41) is 7.60. The normalized spacial score (nSPS) is 11.8. The molecule has 0 spiro atoms. The van der Waals surface area contributed by atoms with Crippen molar-refractivity contribution in [1.29, 1.82) is 0 Å². The lowest BCUT2D eigenvalue weighted by Gasteiger charge is -2.09. The molecule has 0 fully saturated rings. The van der Waals surface area contributed by atoms with Crippen molar-refractivity contribution in [2.75, 3.05) is 0 Å². The van der Waals surface area contributed by atoms with Crippen LogP contribution in [0.25, 0.3) is 22.3 Å². The zero-order valence-electron chi connectivity index (χ0n) is 16.1. The molecular weight excluding hydrogens is 397 g/mol. The molecule has 0 aliphatic carbocycles. The minimum absolute atomic E-state index is 0.120. The molecule has 0 aliphatic heterocycles. The minimum Gasteiger partial charge on any atom is -0.406 e. The Hall–Kier alpha value is -3.62. The number of aromatic nitrogens is 4. The molecule has 30 heavy (non-hydrogen) atoms. The number of hydrogen-bond acceptors (Lipinski definition) is 4. The highest BCUT2D eigenvalue weighted by molar-refractivity contribution is 5.97. The minimum atomic E-state index is -4.76. The van der Waals surface area contributed by atoms with E-state index in [1.54, 1.807) is 18.3 Å². The summed E-state index contributed by atoms with van der Waals surface area (Å²) in [6.07, 6.45) is -3.02. The van der Waals surface area contributed by atoms with E-state index in [4.69, 9.17) is 0 Å². The number of rotatable bonds is 5. The molecule has 1 aromatic carbocycles. The maximum atomic E-state index is 12.5. The molecule has 2 N–H and O–H groups in total. The molecule has 0 radical (unpaired) electrons. The topological polar surface area (TPSA) is 83.7 Å². The third-order valence-corrected chi connectivity index (χ3v) is 4.79. The number of hydrogen-bond donors (Lipinski definition) is 2. The highest BCUT2D eigenvalue weighted by Crippen LogP contribution is 2.29. The quantitative estimate of drug-likeness (QED) is 0.455. The number of nitrogens with zero attached hydrogens (tertiary/aromatic N) is 2. The molecule has 0 unspecified atom stereocenters. The Bertz CT molecular complexity index is 1240. The van der Waals surface area contributed by atoms with Crippen molar-refractivity contribution in [3.05, 3.63) is 65.1 Å². The highest BCUT2D eigenvalue weighted by atomic mass is 19.4. The number of H-pyrrole nitrogens is 2. The SMILES string of the molecule is Cc1[nH]nc(C(=O)Cc2cnc3[nH]c(-c4cccc(OC(F)(F)F)c4)cc3c2)c1C. The summed E-state index contributed by atoms with van der Waals surface area (Å²) in [7, 11) is 0. The fraction of sp³-hybridized carbons (Fsp3) is 0.190. The molecule has 0 amide bonds. The van der Waals surface area contributed by atoms with E-state index in [0.717, 1.165) is 16.6 Å². The molecular formula is C21H17F3N4O2. The summed E-state index contributed by atoms with van der Waals surface area (Å²) >= 11 is 0. The van der Waals surface area contributed by atoms with E-state index in [9.17, 15) is 18.0 Å². The van der Waals surface area contributed by atoms with Gasteiger partial charge in [-0.2, -0.15) is 5.10 Å². The smallest absolute Gasteiger partial charge is 0.406 e. The summed E-state index contributed by atoms with van der Waals surface area (Å²) in [6, 6.07) is 9.28. The van der Waals surface area contributed by atoms with Gasteiger partial charge in [-0.3, -0.25) is 9.89 Å². The molecule has 3 heterocycles. The van der Waals surface area contributed by atoms with Gasteiger partial charge >= 0.3 is 6.36 Å². The van der Waals surface area contributed by atoms with Crippen molar-refractivity contribution in [2.45, 2.75) is 26.6 Å². The van der Waals surface area contributed by atoms with Gasteiger partial charge in [0, 0.05) is 40.5 Å². The lowest BCUT2D eigenvalue weighted by molar-refractivity contribution is -0.274. The molecule has 4 aromatic rings. The standard InChI is InChI=1S/C21H17F3N4O2/c1-11-12(2)27-28-19(11)18(29)7-13-6-15-9-17(26-20(15)25-10-13)14-4-3-5-16(8-14)30-21(22,23)24/h3-6,8-10H,7H2,1-2H3,(H,25,26)(H,27,28). The van der Waals surface area contributed by atoms with Crippen molar-refractivity contribution in [1.82, 2.24) is 20.2 Å². The number of alkyl halides is 3. The second-order valence-corrected chi connectivity index (χ2v) is 6.96. The van der Waals surface area contributed by atoms with Crippen molar-refractivity contribution in [3.63, 3.8) is 0 Å². The van der Waals surface area contributed by atoms with Crippen LogP contribution in [0.5, 0.6) is 5.75 Å². The summed E-state index contributed by atoms with van der Waals surface area (Å²) < 4.78 is 41.4. The van der Waals surface area contributed by atoms with E-state index in [2.05, 4.69) is 24.9 Å². The van der Waals surface area contributed by atoms with Crippen LogP contribution in [0.3, 0.4) is 0 Å². The van der Waals surface area contributed by atoms with Crippen LogP contribution in [-0.4, -0.2) is 32.3 Å². The fourth-order valence-corrected chi connectivity index (χ4v) is 3.20. The van der Waals surface area contributed by atoms with Gasteiger partial charge in [0.2, 0.25) is 0 Å². The molecule has 3 aromatic heterocycles.